The number of anilines is 1. The van der Waals surface area contributed by atoms with Crippen LogP contribution in [0.2, 0.25) is 0 Å². The SMILES string of the molecule is Cc1ccc(NC(=O)c2cc(S(=O)(=O)N3CCCCC3)cn2C)cc1C. The second kappa shape index (κ2) is 7.25. The Bertz CT molecular complexity index is 926. The summed E-state index contributed by atoms with van der Waals surface area (Å²) in [5.74, 6) is -0.323. The maximum Gasteiger partial charge on any atom is 0.272 e. The molecule has 2 aromatic rings. The van der Waals surface area contributed by atoms with Gasteiger partial charge in [-0.25, -0.2) is 8.42 Å². The van der Waals surface area contributed by atoms with Gasteiger partial charge in [0.25, 0.3) is 5.91 Å². The molecule has 2 heterocycles. The van der Waals surface area contributed by atoms with Crippen LogP contribution in [0.15, 0.2) is 35.4 Å². The molecule has 1 fully saturated rings. The van der Waals surface area contributed by atoms with E-state index in [1.54, 1.807) is 11.6 Å². The van der Waals surface area contributed by atoms with Crippen LogP contribution in [0.1, 0.15) is 40.9 Å². The Hall–Kier alpha value is -2.12. The van der Waals surface area contributed by atoms with Crippen LogP contribution in [0.4, 0.5) is 5.69 Å². The summed E-state index contributed by atoms with van der Waals surface area (Å²) in [5, 5.41) is 2.84. The summed E-state index contributed by atoms with van der Waals surface area (Å²) in [5.41, 5.74) is 3.25. The van der Waals surface area contributed by atoms with Gasteiger partial charge in [0.2, 0.25) is 10.0 Å². The number of carbonyl (C=O) groups excluding carboxylic acids is 1. The summed E-state index contributed by atoms with van der Waals surface area (Å²) in [7, 11) is -1.86. The molecule has 7 heteroatoms. The summed E-state index contributed by atoms with van der Waals surface area (Å²) < 4.78 is 28.7. The predicted molar refractivity (Wildman–Crippen MR) is 102 cm³/mol. The Morgan fingerprint density at radius 3 is 2.38 bits per heavy atom. The summed E-state index contributed by atoms with van der Waals surface area (Å²) in [6.07, 6.45) is 4.34. The molecule has 1 saturated heterocycles. The highest BCUT2D eigenvalue weighted by Crippen LogP contribution is 2.23. The second-order valence-corrected chi connectivity index (χ2v) is 8.83. The molecule has 140 valence electrons. The van der Waals surface area contributed by atoms with Crippen LogP contribution in [0.25, 0.3) is 0 Å². The number of carbonyl (C=O) groups is 1. The van der Waals surface area contributed by atoms with Crippen LogP contribution in [-0.4, -0.2) is 36.3 Å². The molecule has 0 bridgehead atoms. The van der Waals surface area contributed by atoms with Gasteiger partial charge in [0.05, 0.1) is 0 Å². The van der Waals surface area contributed by atoms with E-state index in [1.165, 1.54) is 16.6 Å². The van der Waals surface area contributed by atoms with Crippen molar-refractivity contribution in [2.24, 2.45) is 7.05 Å². The highest BCUT2D eigenvalue weighted by Gasteiger charge is 2.28. The molecule has 1 aliphatic rings. The molecule has 1 N–H and O–H groups in total. The van der Waals surface area contributed by atoms with E-state index in [0.29, 0.717) is 24.5 Å². The summed E-state index contributed by atoms with van der Waals surface area (Å²) in [4.78, 5) is 12.8. The number of amides is 1. The predicted octanol–water partition coefficient (Wildman–Crippen LogP) is 3.07. The standard InChI is InChI=1S/C19H25N3O3S/c1-14-7-8-16(11-15(14)2)20-19(23)18-12-17(13-21(18)3)26(24,25)22-9-5-4-6-10-22/h7-8,11-13H,4-6,9-10H2,1-3H3,(H,20,23). The first-order valence-electron chi connectivity index (χ1n) is 8.84. The molecule has 0 atom stereocenters. The number of sulfonamides is 1. The molecule has 1 aromatic heterocycles. The molecule has 1 aromatic carbocycles. The van der Waals surface area contributed by atoms with Crippen LogP contribution in [-0.2, 0) is 17.1 Å². The highest BCUT2D eigenvalue weighted by molar-refractivity contribution is 7.89. The third-order valence-corrected chi connectivity index (χ3v) is 6.79. The van der Waals surface area contributed by atoms with Gasteiger partial charge in [0.1, 0.15) is 10.6 Å². The number of aryl methyl sites for hydroxylation is 3. The van der Waals surface area contributed by atoms with Crippen LogP contribution >= 0.6 is 0 Å². The normalized spacial score (nSPS) is 15.8. The van der Waals surface area contributed by atoms with Gasteiger partial charge in [0.15, 0.2) is 0 Å². The Balaban J connectivity index is 1.83. The fourth-order valence-electron chi connectivity index (χ4n) is 3.17. The average molecular weight is 375 g/mol. The van der Waals surface area contributed by atoms with E-state index >= 15 is 0 Å². The minimum absolute atomic E-state index is 0.173. The van der Waals surface area contributed by atoms with Crippen LogP contribution in [0.3, 0.4) is 0 Å². The smallest absolute Gasteiger partial charge is 0.272 e. The van der Waals surface area contributed by atoms with Gasteiger partial charge >= 0.3 is 0 Å². The van der Waals surface area contributed by atoms with Gasteiger partial charge in [-0.1, -0.05) is 12.5 Å². The van der Waals surface area contributed by atoms with Crippen LogP contribution in [0, 0.1) is 13.8 Å². The molecular formula is C19H25N3O3S. The van der Waals surface area contributed by atoms with Gasteiger partial charge in [-0.05, 0) is 56.0 Å². The largest absolute Gasteiger partial charge is 0.345 e. The minimum Gasteiger partial charge on any atom is -0.345 e. The molecule has 3 rings (SSSR count). The third-order valence-electron chi connectivity index (χ3n) is 4.93. The molecule has 0 radical (unpaired) electrons. The Morgan fingerprint density at radius 2 is 1.73 bits per heavy atom. The van der Waals surface area contributed by atoms with Crippen molar-refractivity contribution in [3.63, 3.8) is 0 Å². The molecular weight excluding hydrogens is 350 g/mol. The zero-order chi connectivity index (χ0) is 18.9. The van der Waals surface area contributed by atoms with Gasteiger partial charge in [0, 0.05) is 32.0 Å². The van der Waals surface area contributed by atoms with E-state index in [4.69, 9.17) is 0 Å². The van der Waals surface area contributed by atoms with E-state index in [0.717, 1.165) is 30.4 Å². The number of aromatic nitrogens is 1. The van der Waals surface area contributed by atoms with Crippen LogP contribution < -0.4 is 5.32 Å². The number of piperidine rings is 1. The van der Waals surface area contributed by atoms with Crippen molar-refractivity contribution in [3.05, 3.63) is 47.3 Å². The first-order chi connectivity index (χ1) is 12.3. The maximum atomic E-state index is 12.8. The number of hydrogen-bond acceptors (Lipinski definition) is 3. The summed E-state index contributed by atoms with van der Waals surface area (Å²) in [6, 6.07) is 7.15. The fraction of sp³-hybridized carbons (Fsp3) is 0.421. The number of nitrogens with one attached hydrogen (secondary N) is 1. The Morgan fingerprint density at radius 1 is 1.04 bits per heavy atom. The van der Waals surface area contributed by atoms with Crippen molar-refractivity contribution in [1.29, 1.82) is 0 Å². The summed E-state index contributed by atoms with van der Waals surface area (Å²) >= 11 is 0. The van der Waals surface area contributed by atoms with Crippen molar-refractivity contribution in [1.82, 2.24) is 8.87 Å². The zero-order valence-electron chi connectivity index (χ0n) is 15.4. The topological polar surface area (TPSA) is 71.4 Å². The van der Waals surface area contributed by atoms with E-state index < -0.39 is 10.0 Å². The molecule has 1 aliphatic heterocycles. The quantitative estimate of drug-likeness (QED) is 0.893. The lowest BCUT2D eigenvalue weighted by molar-refractivity contribution is 0.101. The van der Waals surface area contributed by atoms with E-state index in [1.807, 2.05) is 32.0 Å². The van der Waals surface area contributed by atoms with Gasteiger partial charge in [-0.15, -0.1) is 0 Å². The van der Waals surface area contributed by atoms with E-state index in [2.05, 4.69) is 5.32 Å². The molecule has 0 unspecified atom stereocenters. The fourth-order valence-corrected chi connectivity index (χ4v) is 4.76. The first-order valence-corrected chi connectivity index (χ1v) is 10.3. The Kier molecular flexibility index (Phi) is 5.20. The number of benzene rings is 1. The molecule has 0 aliphatic carbocycles. The molecule has 26 heavy (non-hydrogen) atoms. The van der Waals surface area contributed by atoms with Gasteiger partial charge in [-0.2, -0.15) is 4.31 Å². The van der Waals surface area contributed by atoms with Crippen molar-refractivity contribution in [2.45, 2.75) is 38.0 Å². The number of hydrogen-bond donors (Lipinski definition) is 1. The van der Waals surface area contributed by atoms with Gasteiger partial charge in [-0.3, -0.25) is 4.79 Å². The van der Waals surface area contributed by atoms with Crippen LogP contribution in [0.5, 0.6) is 0 Å². The lowest BCUT2D eigenvalue weighted by Gasteiger charge is -2.25. The lowest BCUT2D eigenvalue weighted by atomic mass is 10.1. The summed E-state index contributed by atoms with van der Waals surface area (Å²) in [6.45, 7) is 5.08. The van der Waals surface area contributed by atoms with Crippen molar-refractivity contribution >= 4 is 21.6 Å². The Labute approximate surface area is 154 Å². The van der Waals surface area contributed by atoms with E-state index in [-0.39, 0.29) is 10.8 Å². The number of rotatable bonds is 4. The monoisotopic (exact) mass is 375 g/mol. The number of nitrogens with zero attached hydrogens (tertiary/aromatic N) is 2. The second-order valence-electron chi connectivity index (χ2n) is 6.89. The van der Waals surface area contributed by atoms with E-state index in [9.17, 15) is 13.2 Å². The van der Waals surface area contributed by atoms with Crippen molar-refractivity contribution < 1.29 is 13.2 Å². The third kappa shape index (κ3) is 3.68. The first kappa shape index (κ1) is 18.7. The molecule has 0 saturated carbocycles. The maximum absolute atomic E-state index is 12.8. The zero-order valence-corrected chi connectivity index (χ0v) is 16.3. The van der Waals surface area contributed by atoms with Crippen molar-refractivity contribution in [2.75, 3.05) is 18.4 Å². The molecule has 1 amide bonds. The molecule has 0 spiro atoms. The highest BCUT2D eigenvalue weighted by atomic mass is 32.2. The van der Waals surface area contributed by atoms with Gasteiger partial charge < -0.3 is 9.88 Å². The lowest BCUT2D eigenvalue weighted by Crippen LogP contribution is -2.35. The minimum atomic E-state index is -3.55. The van der Waals surface area contributed by atoms with Crippen molar-refractivity contribution in [3.8, 4) is 0 Å². The molecule has 6 nitrogen and oxygen atoms in total. The average Bonchev–Trinajstić information content (AvgIpc) is 3.02.